The maximum Gasteiger partial charge on any atom is 0.211 e. The molecule has 0 aliphatic rings. The zero-order valence-electron chi connectivity index (χ0n) is 13.8. The van der Waals surface area contributed by atoms with E-state index in [4.69, 9.17) is 10.00 Å². The maximum absolute atomic E-state index is 11.7. The summed E-state index contributed by atoms with van der Waals surface area (Å²) in [6.07, 6.45) is 3.32. The lowest BCUT2D eigenvalue weighted by atomic mass is 10.0. The molecule has 0 radical (unpaired) electrons. The summed E-state index contributed by atoms with van der Waals surface area (Å²) in [6, 6.07) is 8.81. The van der Waals surface area contributed by atoms with Gasteiger partial charge in [-0.2, -0.15) is 5.26 Å². The maximum atomic E-state index is 11.7. The largest absolute Gasteiger partial charge is 0.495 e. The van der Waals surface area contributed by atoms with Crippen molar-refractivity contribution >= 4 is 10.0 Å². The van der Waals surface area contributed by atoms with Gasteiger partial charge in [0.25, 0.3) is 0 Å². The predicted molar refractivity (Wildman–Crippen MR) is 92.0 cm³/mol. The molecule has 1 atom stereocenters. The summed E-state index contributed by atoms with van der Waals surface area (Å²) in [6.45, 7) is 3.36. The van der Waals surface area contributed by atoms with Crippen molar-refractivity contribution in [2.24, 2.45) is 0 Å². The number of benzene rings is 1. The molecule has 2 aromatic rings. The second kappa shape index (κ2) is 7.43. The Kier molecular flexibility index (Phi) is 5.54. The van der Waals surface area contributed by atoms with Crippen LogP contribution in [0.25, 0.3) is 11.1 Å². The fraction of sp³-hybridized carbons (Fsp3) is 0.294. The van der Waals surface area contributed by atoms with Gasteiger partial charge in [0.15, 0.2) is 0 Å². The fourth-order valence-electron chi connectivity index (χ4n) is 2.24. The second-order valence-electron chi connectivity index (χ2n) is 5.28. The molecule has 1 unspecified atom stereocenters. The Hall–Kier alpha value is -2.43. The minimum atomic E-state index is -3.30. The number of hydrogen-bond donors (Lipinski definition) is 1. The van der Waals surface area contributed by atoms with E-state index in [1.54, 1.807) is 38.4 Å². The Bertz CT molecular complexity index is 873. The number of ether oxygens (including phenoxy) is 1. The normalized spacial score (nSPS) is 12.4. The van der Waals surface area contributed by atoms with Crippen LogP contribution in [0.1, 0.15) is 31.0 Å². The third kappa shape index (κ3) is 4.10. The number of hydrogen-bond acceptors (Lipinski definition) is 5. The minimum Gasteiger partial charge on any atom is -0.495 e. The first-order valence-corrected chi connectivity index (χ1v) is 9.09. The van der Waals surface area contributed by atoms with E-state index in [9.17, 15) is 8.42 Å². The standard InChI is InChI=1S/C17H19N3O3S/c1-4-24(21,22)20-12(2)15-7-16(11-19-10-15)13-5-6-14(9-18)17(8-13)23-3/h5-8,10-12,20H,4H2,1-3H3. The van der Waals surface area contributed by atoms with Crippen LogP contribution in [0, 0.1) is 11.3 Å². The molecule has 0 bridgehead atoms. The summed E-state index contributed by atoms with van der Waals surface area (Å²) in [7, 11) is -1.79. The van der Waals surface area contributed by atoms with Crippen LogP contribution in [0.15, 0.2) is 36.7 Å². The third-order valence-electron chi connectivity index (χ3n) is 3.65. The molecule has 0 spiro atoms. The van der Waals surface area contributed by atoms with Crippen LogP contribution in [-0.2, 0) is 10.0 Å². The number of aromatic nitrogens is 1. The van der Waals surface area contributed by atoms with Gasteiger partial charge in [0.2, 0.25) is 10.0 Å². The van der Waals surface area contributed by atoms with Crippen molar-refractivity contribution < 1.29 is 13.2 Å². The van der Waals surface area contributed by atoms with Gasteiger partial charge in [-0.05, 0) is 43.2 Å². The summed E-state index contributed by atoms with van der Waals surface area (Å²) in [5, 5.41) is 9.05. The van der Waals surface area contributed by atoms with E-state index in [0.29, 0.717) is 11.3 Å². The van der Waals surface area contributed by atoms with Gasteiger partial charge in [0, 0.05) is 24.0 Å². The van der Waals surface area contributed by atoms with Gasteiger partial charge in [-0.1, -0.05) is 6.07 Å². The molecular formula is C17H19N3O3S. The van der Waals surface area contributed by atoms with Gasteiger partial charge in [-0.15, -0.1) is 0 Å². The van der Waals surface area contributed by atoms with Crippen molar-refractivity contribution in [1.29, 1.82) is 5.26 Å². The molecule has 0 saturated heterocycles. The summed E-state index contributed by atoms with van der Waals surface area (Å²) >= 11 is 0. The molecule has 0 aliphatic heterocycles. The first-order valence-electron chi connectivity index (χ1n) is 7.43. The van der Waals surface area contributed by atoms with Crippen molar-refractivity contribution in [1.82, 2.24) is 9.71 Å². The van der Waals surface area contributed by atoms with Crippen molar-refractivity contribution in [2.45, 2.75) is 19.9 Å². The van der Waals surface area contributed by atoms with Crippen LogP contribution < -0.4 is 9.46 Å². The molecule has 2 rings (SSSR count). The van der Waals surface area contributed by atoms with Crippen molar-refractivity contribution in [3.05, 3.63) is 47.8 Å². The Morgan fingerprint density at radius 1 is 1.29 bits per heavy atom. The van der Waals surface area contributed by atoms with Crippen LogP contribution in [0.4, 0.5) is 0 Å². The Morgan fingerprint density at radius 2 is 2.04 bits per heavy atom. The minimum absolute atomic E-state index is 0.0251. The summed E-state index contributed by atoms with van der Waals surface area (Å²) in [5.41, 5.74) is 2.87. The Morgan fingerprint density at radius 3 is 2.67 bits per heavy atom. The molecule has 24 heavy (non-hydrogen) atoms. The predicted octanol–water partition coefficient (Wildman–Crippen LogP) is 2.63. The molecule has 1 aromatic heterocycles. The molecule has 1 N–H and O–H groups in total. The van der Waals surface area contributed by atoms with Crippen LogP contribution in [0.3, 0.4) is 0 Å². The molecule has 126 valence electrons. The number of pyridine rings is 1. The summed E-state index contributed by atoms with van der Waals surface area (Å²) in [5.74, 6) is 0.511. The van der Waals surface area contributed by atoms with Gasteiger partial charge in [-0.25, -0.2) is 13.1 Å². The van der Waals surface area contributed by atoms with Gasteiger partial charge in [0.1, 0.15) is 11.8 Å². The second-order valence-corrected chi connectivity index (χ2v) is 7.32. The van der Waals surface area contributed by atoms with E-state index in [1.165, 1.54) is 7.11 Å². The SMILES string of the molecule is CCS(=O)(=O)NC(C)c1cncc(-c2ccc(C#N)c(OC)c2)c1. The highest BCUT2D eigenvalue weighted by molar-refractivity contribution is 7.89. The molecule has 0 aliphatic carbocycles. The summed E-state index contributed by atoms with van der Waals surface area (Å²) < 4.78 is 31.3. The fourth-order valence-corrected chi connectivity index (χ4v) is 3.08. The average Bonchev–Trinajstić information content (AvgIpc) is 2.60. The van der Waals surface area contributed by atoms with Crippen molar-refractivity contribution in [2.75, 3.05) is 12.9 Å². The molecule has 1 aromatic carbocycles. The number of methoxy groups -OCH3 is 1. The number of nitriles is 1. The lowest BCUT2D eigenvalue weighted by Crippen LogP contribution is -2.28. The average molecular weight is 345 g/mol. The van der Waals surface area contributed by atoms with Crippen molar-refractivity contribution in [3.8, 4) is 22.9 Å². The first-order chi connectivity index (χ1) is 11.4. The molecule has 6 nitrogen and oxygen atoms in total. The van der Waals surface area contributed by atoms with Gasteiger partial charge in [0.05, 0.1) is 18.4 Å². The number of nitrogens with one attached hydrogen (secondary N) is 1. The van der Waals surface area contributed by atoms with Gasteiger partial charge in [-0.3, -0.25) is 4.98 Å². The topological polar surface area (TPSA) is 92.1 Å². The monoisotopic (exact) mass is 345 g/mol. The lowest BCUT2D eigenvalue weighted by molar-refractivity contribution is 0.413. The number of rotatable bonds is 6. The van der Waals surface area contributed by atoms with Crippen LogP contribution in [0.5, 0.6) is 5.75 Å². The van der Waals surface area contributed by atoms with Gasteiger partial charge >= 0.3 is 0 Å². The molecule has 0 fully saturated rings. The zero-order chi connectivity index (χ0) is 17.7. The van der Waals surface area contributed by atoms with Crippen molar-refractivity contribution in [3.63, 3.8) is 0 Å². The molecule has 7 heteroatoms. The van der Waals surface area contributed by atoms with Gasteiger partial charge < -0.3 is 4.74 Å². The first kappa shape index (κ1) is 17.9. The number of sulfonamides is 1. The number of nitrogens with zero attached hydrogens (tertiary/aromatic N) is 2. The quantitative estimate of drug-likeness (QED) is 0.869. The molecular weight excluding hydrogens is 326 g/mol. The molecule has 0 saturated carbocycles. The van der Waals surface area contributed by atoms with E-state index < -0.39 is 10.0 Å². The van der Waals surface area contributed by atoms with E-state index >= 15 is 0 Å². The highest BCUT2D eigenvalue weighted by Gasteiger charge is 2.15. The smallest absolute Gasteiger partial charge is 0.211 e. The molecule has 0 amide bonds. The summed E-state index contributed by atoms with van der Waals surface area (Å²) in [4.78, 5) is 4.20. The zero-order valence-corrected chi connectivity index (χ0v) is 14.6. The van der Waals surface area contributed by atoms with Crippen LogP contribution >= 0.6 is 0 Å². The van der Waals surface area contributed by atoms with E-state index in [-0.39, 0.29) is 11.8 Å². The van der Waals surface area contributed by atoms with Crippen LogP contribution in [-0.4, -0.2) is 26.3 Å². The highest BCUT2D eigenvalue weighted by atomic mass is 32.2. The Balaban J connectivity index is 2.36. The highest BCUT2D eigenvalue weighted by Crippen LogP contribution is 2.28. The van der Waals surface area contributed by atoms with Crippen LogP contribution in [0.2, 0.25) is 0 Å². The third-order valence-corrected chi connectivity index (χ3v) is 5.12. The lowest BCUT2D eigenvalue weighted by Gasteiger charge is -2.14. The van der Waals surface area contributed by atoms with E-state index in [1.807, 2.05) is 12.1 Å². The van der Waals surface area contributed by atoms with E-state index in [2.05, 4.69) is 15.8 Å². The van der Waals surface area contributed by atoms with E-state index in [0.717, 1.165) is 16.7 Å². The molecule has 1 heterocycles. The Labute approximate surface area is 142 Å².